The summed E-state index contributed by atoms with van der Waals surface area (Å²) >= 11 is 0. The van der Waals surface area contributed by atoms with Crippen LogP contribution < -0.4 is 0 Å². The van der Waals surface area contributed by atoms with Crippen molar-refractivity contribution >= 4 is 11.7 Å². The number of hydrogen-bond donors (Lipinski definition) is 1. The summed E-state index contributed by atoms with van der Waals surface area (Å²) in [6.07, 6.45) is 0.426. The number of carbonyl (C=O) groups is 1. The Morgan fingerprint density at radius 3 is 2.18 bits per heavy atom. The van der Waals surface area contributed by atoms with Crippen LogP contribution in [0.4, 0.5) is 0 Å². The van der Waals surface area contributed by atoms with E-state index >= 15 is 0 Å². The van der Waals surface area contributed by atoms with Crippen LogP contribution >= 0.6 is 0 Å². The minimum absolute atomic E-state index is 0.0277. The third kappa shape index (κ3) is 4.53. The maximum Gasteiger partial charge on any atom is 0.352 e. The van der Waals surface area contributed by atoms with Crippen LogP contribution in [0.5, 0.6) is 0 Å². The van der Waals surface area contributed by atoms with Gasteiger partial charge in [-0.05, 0) is 27.2 Å². The molecule has 0 heterocycles. The Morgan fingerprint density at radius 1 is 1.45 bits per heavy atom. The second-order valence-electron chi connectivity index (χ2n) is 3.33. The zero-order chi connectivity index (χ0) is 9.07. The van der Waals surface area contributed by atoms with Crippen LogP contribution in [-0.4, -0.2) is 17.3 Å². The molecule has 11 heavy (non-hydrogen) atoms. The standard InChI is InChI=1S/C8H15NO2/c1-5-6(9)7(10)11-8(2,3)4/h9H,5H2,1-4H3. The van der Waals surface area contributed by atoms with E-state index in [4.69, 9.17) is 10.1 Å². The van der Waals surface area contributed by atoms with E-state index in [0.29, 0.717) is 6.42 Å². The molecule has 0 aliphatic rings. The molecule has 0 rings (SSSR count). The van der Waals surface area contributed by atoms with Crippen LogP contribution in [0.15, 0.2) is 0 Å². The molecule has 0 radical (unpaired) electrons. The molecular formula is C8H15NO2. The van der Waals surface area contributed by atoms with Crippen molar-refractivity contribution in [2.45, 2.75) is 39.7 Å². The molecule has 0 amide bonds. The predicted molar refractivity (Wildman–Crippen MR) is 43.9 cm³/mol. The normalized spacial score (nSPS) is 10.9. The zero-order valence-electron chi connectivity index (χ0n) is 7.52. The van der Waals surface area contributed by atoms with Gasteiger partial charge in [-0.2, -0.15) is 0 Å². The average Bonchev–Trinajstić information content (AvgIpc) is 1.82. The van der Waals surface area contributed by atoms with Crippen molar-refractivity contribution in [1.82, 2.24) is 0 Å². The molecule has 0 aromatic heterocycles. The summed E-state index contributed by atoms with van der Waals surface area (Å²) in [5.41, 5.74) is -0.460. The van der Waals surface area contributed by atoms with Gasteiger partial charge < -0.3 is 4.74 Å². The summed E-state index contributed by atoms with van der Waals surface area (Å²) in [7, 11) is 0. The van der Waals surface area contributed by atoms with E-state index in [0.717, 1.165) is 0 Å². The lowest BCUT2D eigenvalue weighted by Gasteiger charge is -2.19. The highest BCUT2D eigenvalue weighted by atomic mass is 16.6. The molecule has 1 N–H and O–H groups in total. The molecule has 0 aromatic carbocycles. The molecule has 0 fully saturated rings. The molecule has 0 unspecified atom stereocenters. The van der Waals surface area contributed by atoms with Gasteiger partial charge in [-0.25, -0.2) is 4.79 Å². The molecule has 0 aliphatic carbocycles. The number of hydrogen-bond acceptors (Lipinski definition) is 3. The fourth-order valence-corrected chi connectivity index (χ4v) is 0.484. The summed E-state index contributed by atoms with van der Waals surface area (Å²) in [6.45, 7) is 7.11. The van der Waals surface area contributed by atoms with E-state index in [-0.39, 0.29) is 5.71 Å². The minimum atomic E-state index is -0.514. The first kappa shape index (κ1) is 10.1. The largest absolute Gasteiger partial charge is 0.456 e. The van der Waals surface area contributed by atoms with Gasteiger partial charge in [0, 0.05) is 0 Å². The highest BCUT2D eigenvalue weighted by Gasteiger charge is 2.18. The van der Waals surface area contributed by atoms with E-state index in [1.165, 1.54) is 0 Å². The second-order valence-corrected chi connectivity index (χ2v) is 3.33. The highest BCUT2D eigenvalue weighted by Crippen LogP contribution is 2.07. The molecule has 3 nitrogen and oxygen atoms in total. The lowest BCUT2D eigenvalue weighted by atomic mass is 10.2. The first-order chi connectivity index (χ1) is 4.87. The smallest absolute Gasteiger partial charge is 0.352 e. The minimum Gasteiger partial charge on any atom is -0.456 e. The Kier molecular flexibility index (Phi) is 3.23. The fraction of sp³-hybridized carbons (Fsp3) is 0.750. The molecule has 0 aliphatic heterocycles. The van der Waals surface area contributed by atoms with Crippen LogP contribution in [0.25, 0.3) is 0 Å². The van der Waals surface area contributed by atoms with Crippen molar-refractivity contribution in [1.29, 1.82) is 5.41 Å². The van der Waals surface area contributed by atoms with Gasteiger partial charge in [0.25, 0.3) is 0 Å². The van der Waals surface area contributed by atoms with Gasteiger partial charge in [-0.1, -0.05) is 6.92 Å². The summed E-state index contributed by atoms with van der Waals surface area (Å²) in [6, 6.07) is 0. The SMILES string of the molecule is CCC(=N)C(=O)OC(C)(C)C. The maximum atomic E-state index is 10.9. The van der Waals surface area contributed by atoms with Crippen molar-refractivity contribution in [2.75, 3.05) is 0 Å². The van der Waals surface area contributed by atoms with Gasteiger partial charge in [0.05, 0.1) is 0 Å². The van der Waals surface area contributed by atoms with E-state index in [1.807, 2.05) is 0 Å². The van der Waals surface area contributed by atoms with Crippen LogP contribution in [0, 0.1) is 5.41 Å². The Labute approximate surface area is 67.3 Å². The topological polar surface area (TPSA) is 50.2 Å². The molecule has 0 bridgehead atoms. The number of esters is 1. The molecule has 0 saturated heterocycles. The number of nitrogens with one attached hydrogen (secondary N) is 1. The van der Waals surface area contributed by atoms with E-state index < -0.39 is 11.6 Å². The molecular weight excluding hydrogens is 142 g/mol. The quantitative estimate of drug-likeness (QED) is 0.490. The third-order valence-electron chi connectivity index (χ3n) is 0.999. The Morgan fingerprint density at radius 2 is 1.91 bits per heavy atom. The predicted octanol–water partition coefficient (Wildman–Crippen LogP) is 1.76. The maximum absolute atomic E-state index is 10.9. The summed E-state index contributed by atoms with van der Waals surface area (Å²) < 4.78 is 4.93. The average molecular weight is 157 g/mol. The number of rotatable bonds is 2. The Hall–Kier alpha value is -0.860. The van der Waals surface area contributed by atoms with Gasteiger partial charge in [0.1, 0.15) is 11.3 Å². The molecule has 0 aromatic rings. The van der Waals surface area contributed by atoms with Crippen molar-refractivity contribution in [3.63, 3.8) is 0 Å². The van der Waals surface area contributed by atoms with Crippen LogP contribution in [0.3, 0.4) is 0 Å². The molecule has 0 atom stereocenters. The fourth-order valence-electron chi connectivity index (χ4n) is 0.484. The summed E-state index contributed by atoms with van der Waals surface area (Å²) in [4.78, 5) is 10.9. The lowest BCUT2D eigenvalue weighted by Crippen LogP contribution is -2.28. The van der Waals surface area contributed by atoms with Gasteiger partial charge in [0.2, 0.25) is 0 Å². The second kappa shape index (κ2) is 3.51. The van der Waals surface area contributed by atoms with Crippen molar-refractivity contribution in [2.24, 2.45) is 0 Å². The van der Waals surface area contributed by atoms with Gasteiger partial charge >= 0.3 is 5.97 Å². The van der Waals surface area contributed by atoms with Crippen molar-refractivity contribution in [3.05, 3.63) is 0 Å². The lowest BCUT2D eigenvalue weighted by molar-refractivity contribution is -0.146. The first-order valence-electron chi connectivity index (χ1n) is 3.67. The summed E-state index contributed by atoms with van der Waals surface area (Å²) in [5.74, 6) is -0.514. The number of ether oxygens (including phenoxy) is 1. The van der Waals surface area contributed by atoms with Gasteiger partial charge in [-0.15, -0.1) is 0 Å². The molecule has 64 valence electrons. The molecule has 0 saturated carbocycles. The molecule has 0 spiro atoms. The van der Waals surface area contributed by atoms with Crippen LogP contribution in [-0.2, 0) is 9.53 Å². The third-order valence-corrected chi connectivity index (χ3v) is 0.999. The van der Waals surface area contributed by atoms with Gasteiger partial charge in [0.15, 0.2) is 0 Å². The van der Waals surface area contributed by atoms with Gasteiger partial charge in [-0.3, -0.25) is 5.41 Å². The Balaban J connectivity index is 3.99. The molecule has 3 heteroatoms. The summed E-state index contributed by atoms with van der Waals surface area (Å²) in [5, 5.41) is 7.15. The Bertz CT molecular complexity index is 167. The highest BCUT2D eigenvalue weighted by molar-refractivity contribution is 6.35. The van der Waals surface area contributed by atoms with E-state index in [2.05, 4.69) is 0 Å². The first-order valence-corrected chi connectivity index (χ1v) is 3.67. The van der Waals surface area contributed by atoms with Crippen molar-refractivity contribution < 1.29 is 9.53 Å². The van der Waals surface area contributed by atoms with E-state index in [9.17, 15) is 4.79 Å². The number of carbonyl (C=O) groups excluding carboxylic acids is 1. The van der Waals surface area contributed by atoms with Crippen LogP contribution in [0.2, 0.25) is 0 Å². The van der Waals surface area contributed by atoms with E-state index in [1.54, 1.807) is 27.7 Å². The van der Waals surface area contributed by atoms with Crippen LogP contribution in [0.1, 0.15) is 34.1 Å². The van der Waals surface area contributed by atoms with Crippen molar-refractivity contribution in [3.8, 4) is 0 Å². The zero-order valence-corrected chi connectivity index (χ0v) is 7.52. The monoisotopic (exact) mass is 157 g/mol.